The van der Waals surface area contributed by atoms with Crippen molar-refractivity contribution in [3.63, 3.8) is 0 Å². The molecule has 0 amide bonds. The summed E-state index contributed by atoms with van der Waals surface area (Å²) >= 11 is 0. The molecule has 21 heavy (non-hydrogen) atoms. The van der Waals surface area contributed by atoms with Crippen LogP contribution in [0, 0.1) is 11.8 Å². The van der Waals surface area contributed by atoms with Gasteiger partial charge in [-0.2, -0.15) is 0 Å². The van der Waals surface area contributed by atoms with E-state index in [1.54, 1.807) is 0 Å². The van der Waals surface area contributed by atoms with Crippen LogP contribution in [0.15, 0.2) is 0 Å². The lowest BCUT2D eigenvalue weighted by Gasteiger charge is -2.49. The SMILES string of the molecule is CCCCCC[N+](CC(C)C)(CC(C)C)C1CCCCC1. The summed E-state index contributed by atoms with van der Waals surface area (Å²) in [5, 5.41) is 0. The zero-order chi connectivity index (χ0) is 15.7. The number of rotatable bonds is 10. The monoisotopic (exact) mass is 296 g/mol. The van der Waals surface area contributed by atoms with Crippen LogP contribution in [0.2, 0.25) is 0 Å². The topological polar surface area (TPSA) is 0 Å². The second kappa shape index (κ2) is 9.87. The second-order valence-corrected chi connectivity index (χ2v) is 8.45. The molecule has 0 spiro atoms. The molecule has 126 valence electrons. The van der Waals surface area contributed by atoms with Gasteiger partial charge in [0.05, 0.1) is 25.7 Å². The highest BCUT2D eigenvalue weighted by Crippen LogP contribution is 2.32. The highest BCUT2D eigenvalue weighted by atomic mass is 15.4. The third-order valence-electron chi connectivity index (χ3n) is 5.26. The summed E-state index contributed by atoms with van der Waals surface area (Å²) in [7, 11) is 0. The summed E-state index contributed by atoms with van der Waals surface area (Å²) < 4.78 is 1.44. The van der Waals surface area contributed by atoms with Gasteiger partial charge in [-0.15, -0.1) is 0 Å². The van der Waals surface area contributed by atoms with Gasteiger partial charge in [-0.05, 0) is 38.5 Å². The van der Waals surface area contributed by atoms with Crippen LogP contribution in [-0.4, -0.2) is 30.2 Å². The summed E-state index contributed by atoms with van der Waals surface area (Å²) in [5.74, 6) is 1.66. The van der Waals surface area contributed by atoms with Crippen molar-refractivity contribution in [3.05, 3.63) is 0 Å². The minimum Gasteiger partial charge on any atom is -0.321 e. The fraction of sp³-hybridized carbons (Fsp3) is 1.00. The Labute approximate surface area is 135 Å². The number of unbranched alkanes of at least 4 members (excludes halogenated alkanes) is 3. The van der Waals surface area contributed by atoms with Crippen molar-refractivity contribution >= 4 is 0 Å². The van der Waals surface area contributed by atoms with E-state index in [1.165, 1.54) is 81.9 Å². The van der Waals surface area contributed by atoms with E-state index < -0.39 is 0 Å². The Bertz CT molecular complexity index is 241. The van der Waals surface area contributed by atoms with E-state index in [1.807, 2.05) is 0 Å². The predicted octanol–water partition coefficient (Wildman–Crippen LogP) is 6.03. The summed E-state index contributed by atoms with van der Waals surface area (Å²) in [5.41, 5.74) is 0. The standard InChI is InChI=1S/C20H42N/c1-6-7-8-12-15-21(16-18(2)3,17-19(4)5)20-13-10-9-11-14-20/h18-20H,6-17H2,1-5H3/q+1. The van der Waals surface area contributed by atoms with E-state index in [2.05, 4.69) is 34.6 Å². The summed E-state index contributed by atoms with van der Waals surface area (Å²) in [6.07, 6.45) is 13.1. The zero-order valence-electron chi connectivity index (χ0n) is 15.7. The van der Waals surface area contributed by atoms with Crippen LogP contribution in [0.3, 0.4) is 0 Å². The molecule has 1 heteroatoms. The number of hydrogen-bond acceptors (Lipinski definition) is 0. The van der Waals surface area contributed by atoms with Crippen LogP contribution in [-0.2, 0) is 0 Å². The lowest BCUT2D eigenvalue weighted by molar-refractivity contribution is -0.957. The third kappa shape index (κ3) is 6.72. The summed E-state index contributed by atoms with van der Waals surface area (Å²) in [4.78, 5) is 0. The molecule has 0 aromatic carbocycles. The molecule has 0 unspecified atom stereocenters. The van der Waals surface area contributed by atoms with E-state index in [9.17, 15) is 0 Å². The van der Waals surface area contributed by atoms with E-state index in [4.69, 9.17) is 0 Å². The molecule has 0 radical (unpaired) electrons. The van der Waals surface area contributed by atoms with E-state index in [-0.39, 0.29) is 0 Å². The quantitative estimate of drug-likeness (QED) is 0.341. The number of hydrogen-bond donors (Lipinski definition) is 0. The van der Waals surface area contributed by atoms with Gasteiger partial charge in [0.25, 0.3) is 0 Å². The molecular weight excluding hydrogens is 254 g/mol. The lowest BCUT2D eigenvalue weighted by atomic mass is 9.89. The lowest BCUT2D eigenvalue weighted by Crippen LogP contribution is -2.59. The van der Waals surface area contributed by atoms with E-state index >= 15 is 0 Å². The van der Waals surface area contributed by atoms with Gasteiger partial charge in [-0.1, -0.05) is 53.9 Å². The first-order valence-corrected chi connectivity index (χ1v) is 9.86. The molecule has 1 fully saturated rings. The Morgan fingerprint density at radius 2 is 1.38 bits per heavy atom. The molecule has 0 bridgehead atoms. The van der Waals surface area contributed by atoms with Gasteiger partial charge in [-0.3, -0.25) is 0 Å². The summed E-state index contributed by atoms with van der Waals surface area (Å²) in [6, 6.07) is 0.963. The van der Waals surface area contributed by atoms with Crippen LogP contribution in [0.4, 0.5) is 0 Å². The van der Waals surface area contributed by atoms with Crippen LogP contribution in [0.5, 0.6) is 0 Å². The molecule has 1 nitrogen and oxygen atoms in total. The van der Waals surface area contributed by atoms with Crippen molar-refractivity contribution in [1.82, 2.24) is 0 Å². The van der Waals surface area contributed by atoms with Gasteiger partial charge in [-0.25, -0.2) is 0 Å². The normalized spacial score (nSPS) is 17.9. The van der Waals surface area contributed by atoms with Crippen LogP contribution < -0.4 is 0 Å². The van der Waals surface area contributed by atoms with E-state index in [0.717, 1.165) is 17.9 Å². The maximum Gasteiger partial charge on any atom is 0.0890 e. The minimum absolute atomic E-state index is 0.830. The third-order valence-corrected chi connectivity index (χ3v) is 5.26. The van der Waals surface area contributed by atoms with Gasteiger partial charge >= 0.3 is 0 Å². The molecular formula is C20H42N+. The molecule has 1 aliphatic rings. The zero-order valence-corrected chi connectivity index (χ0v) is 15.7. The molecule has 1 aliphatic carbocycles. The molecule has 0 saturated heterocycles. The molecule has 0 aliphatic heterocycles. The van der Waals surface area contributed by atoms with Crippen molar-refractivity contribution in [1.29, 1.82) is 0 Å². The highest BCUT2D eigenvalue weighted by molar-refractivity contribution is 4.70. The summed E-state index contributed by atoms with van der Waals surface area (Å²) in [6.45, 7) is 16.3. The molecule has 1 rings (SSSR count). The van der Waals surface area contributed by atoms with Crippen molar-refractivity contribution in [2.45, 2.75) is 98.4 Å². The molecule has 0 N–H and O–H groups in total. The number of nitrogens with zero attached hydrogens (tertiary/aromatic N) is 1. The van der Waals surface area contributed by atoms with Crippen LogP contribution in [0.25, 0.3) is 0 Å². The van der Waals surface area contributed by atoms with Gasteiger partial charge in [0.15, 0.2) is 0 Å². The first-order valence-electron chi connectivity index (χ1n) is 9.86. The van der Waals surface area contributed by atoms with Crippen molar-refractivity contribution < 1.29 is 4.48 Å². The Hall–Kier alpha value is -0.0400. The number of quaternary nitrogens is 1. The predicted molar refractivity (Wildman–Crippen MR) is 95.6 cm³/mol. The molecule has 0 heterocycles. The first kappa shape index (κ1) is 19.0. The Balaban J connectivity index is 2.78. The average molecular weight is 297 g/mol. The maximum atomic E-state index is 2.43. The average Bonchev–Trinajstić information content (AvgIpc) is 2.43. The van der Waals surface area contributed by atoms with Gasteiger partial charge < -0.3 is 4.48 Å². The van der Waals surface area contributed by atoms with Crippen molar-refractivity contribution in [3.8, 4) is 0 Å². The van der Waals surface area contributed by atoms with Crippen LogP contribution >= 0.6 is 0 Å². The van der Waals surface area contributed by atoms with E-state index in [0.29, 0.717) is 0 Å². The fourth-order valence-corrected chi connectivity index (χ4v) is 4.67. The first-order chi connectivity index (χ1) is 10.00. The Morgan fingerprint density at radius 3 is 1.86 bits per heavy atom. The minimum atomic E-state index is 0.830. The molecule has 1 saturated carbocycles. The highest BCUT2D eigenvalue weighted by Gasteiger charge is 2.38. The fourth-order valence-electron chi connectivity index (χ4n) is 4.67. The van der Waals surface area contributed by atoms with Gasteiger partial charge in [0.2, 0.25) is 0 Å². The maximum absolute atomic E-state index is 2.43. The largest absolute Gasteiger partial charge is 0.321 e. The molecule has 0 atom stereocenters. The Kier molecular flexibility index (Phi) is 8.94. The van der Waals surface area contributed by atoms with Crippen molar-refractivity contribution in [2.24, 2.45) is 11.8 Å². The second-order valence-electron chi connectivity index (χ2n) is 8.45. The molecule has 0 aromatic rings. The molecule has 0 aromatic heterocycles. The Morgan fingerprint density at radius 1 is 0.810 bits per heavy atom. The van der Waals surface area contributed by atoms with Crippen molar-refractivity contribution in [2.75, 3.05) is 19.6 Å². The van der Waals surface area contributed by atoms with Gasteiger partial charge in [0, 0.05) is 11.8 Å². The van der Waals surface area contributed by atoms with Gasteiger partial charge in [0.1, 0.15) is 0 Å². The smallest absolute Gasteiger partial charge is 0.0890 e. The van der Waals surface area contributed by atoms with Crippen LogP contribution in [0.1, 0.15) is 92.4 Å².